The third-order valence-corrected chi connectivity index (χ3v) is 0.733. The second-order valence-electron chi connectivity index (χ2n) is 1.30. The van der Waals surface area contributed by atoms with Crippen molar-refractivity contribution in [2.45, 2.75) is 0 Å². The summed E-state index contributed by atoms with van der Waals surface area (Å²) in [4.78, 5) is 0. The summed E-state index contributed by atoms with van der Waals surface area (Å²) < 4.78 is 11.9. The van der Waals surface area contributed by atoms with E-state index in [2.05, 4.69) is 0 Å². The van der Waals surface area contributed by atoms with E-state index in [1.165, 1.54) is 12.1 Å². The molecule has 0 unspecified atom stereocenters. The number of rotatable bonds is 0. The molecule has 0 nitrogen and oxygen atoms in total. The van der Waals surface area contributed by atoms with Crippen molar-refractivity contribution in [2.75, 3.05) is 0 Å². The van der Waals surface area contributed by atoms with Crippen molar-refractivity contribution in [3.63, 3.8) is 0 Å². The van der Waals surface area contributed by atoms with Crippen LogP contribution in [-0.2, 0) is 0 Å². The van der Waals surface area contributed by atoms with Gasteiger partial charge in [-0.2, -0.15) is 0 Å². The van der Waals surface area contributed by atoms with E-state index in [1.807, 2.05) is 0 Å². The topological polar surface area (TPSA) is 0 Å². The van der Waals surface area contributed by atoms with Crippen LogP contribution in [0.15, 0.2) is 30.3 Å². The first-order chi connectivity index (χ1) is 3.39. The van der Waals surface area contributed by atoms with Gasteiger partial charge in [0.1, 0.15) is 5.82 Å². The van der Waals surface area contributed by atoms with Gasteiger partial charge in [0.25, 0.3) is 0 Å². The Labute approximate surface area is 77.7 Å². The Bertz CT molecular complexity index is 138. The van der Waals surface area contributed by atoms with Crippen molar-refractivity contribution in [2.24, 2.45) is 0 Å². The van der Waals surface area contributed by atoms with Crippen LogP contribution in [0.25, 0.3) is 0 Å². The number of hydrogen-bond acceptors (Lipinski definition) is 0. The Morgan fingerprint density at radius 2 is 1.50 bits per heavy atom. The van der Waals surface area contributed by atoms with Gasteiger partial charge in [-0.1, -0.05) is 18.2 Å². The molecule has 2 heteroatoms. The zero-order valence-electron chi connectivity index (χ0n) is 4.12. The second-order valence-corrected chi connectivity index (χ2v) is 1.30. The zero-order chi connectivity index (χ0) is 5.11. The van der Waals surface area contributed by atoms with Crippen LogP contribution in [0.3, 0.4) is 0 Å². The fraction of sp³-hybridized carbons (Fsp3) is 0. The molecule has 0 aliphatic heterocycles. The van der Waals surface area contributed by atoms with E-state index >= 15 is 0 Å². The summed E-state index contributed by atoms with van der Waals surface area (Å²) in [6, 6.07) is 7.94. The minimum Gasteiger partial charge on any atom is -0.207 e. The molecule has 0 heterocycles. The Kier molecular flexibility index (Phi) is 4.52. The SMILES string of the molecule is Fc1ccccc1.[Ar]. The van der Waals surface area contributed by atoms with E-state index in [9.17, 15) is 4.39 Å². The average molecular weight is 136 g/mol. The summed E-state index contributed by atoms with van der Waals surface area (Å²) >= 11 is 0. The normalized spacial score (nSPS) is 7.62. The molecule has 0 fully saturated rings. The monoisotopic (exact) mass is 136 g/mol. The predicted molar refractivity (Wildman–Crippen MR) is 26.4 cm³/mol. The van der Waals surface area contributed by atoms with Crippen molar-refractivity contribution in [3.8, 4) is 0 Å². The van der Waals surface area contributed by atoms with Crippen molar-refractivity contribution in [3.05, 3.63) is 36.1 Å². The zero-order valence-corrected chi connectivity index (χ0v) is 4.83. The van der Waals surface area contributed by atoms with Crippen molar-refractivity contribution in [1.29, 1.82) is 0 Å². The van der Waals surface area contributed by atoms with Gasteiger partial charge in [-0.15, -0.1) is 0 Å². The Hall–Kier alpha value is 0.410. The fourth-order valence-electron chi connectivity index (χ4n) is 0.415. The molecule has 8 heavy (non-hydrogen) atoms. The van der Waals surface area contributed by atoms with Crippen LogP contribution in [0.2, 0.25) is 0 Å². The molecule has 0 spiro atoms. The summed E-state index contributed by atoms with van der Waals surface area (Å²) in [6.45, 7) is 0. The maximum Gasteiger partial charge on any atom is 0.123 e. The minimum absolute atomic E-state index is 0. The minimum atomic E-state index is -0.178. The third kappa shape index (κ3) is 2.65. The van der Waals surface area contributed by atoms with Gasteiger partial charge in [-0.25, -0.2) is 4.39 Å². The largest absolute Gasteiger partial charge is 0.207 e. The molecule has 1 aromatic rings. The van der Waals surface area contributed by atoms with E-state index < -0.39 is 0 Å². The fourth-order valence-corrected chi connectivity index (χ4v) is 0.415. The molecule has 0 radical (unpaired) electrons. The van der Waals surface area contributed by atoms with Crippen LogP contribution >= 0.6 is 0 Å². The third-order valence-electron chi connectivity index (χ3n) is 0.733. The van der Waals surface area contributed by atoms with Gasteiger partial charge in [0, 0.05) is 37.7 Å². The first-order valence-electron chi connectivity index (χ1n) is 2.10. The number of benzene rings is 1. The molecular formula is C6H5ArF. The van der Waals surface area contributed by atoms with Gasteiger partial charge < -0.3 is 0 Å². The predicted octanol–water partition coefficient (Wildman–Crippen LogP) is 1.83. The Balaban J connectivity index is 0.000000490. The molecule has 44 valence electrons. The van der Waals surface area contributed by atoms with E-state index in [-0.39, 0.29) is 43.6 Å². The molecular weight excluding hydrogens is 131 g/mol. The quantitative estimate of drug-likeness (QED) is 0.510. The molecule has 1 rings (SSSR count). The second kappa shape index (κ2) is 4.30. The number of halogens is 1. The van der Waals surface area contributed by atoms with Gasteiger partial charge in [0.05, 0.1) is 0 Å². The molecule has 0 saturated carbocycles. The molecule has 0 atom stereocenters. The summed E-state index contributed by atoms with van der Waals surface area (Å²) in [7, 11) is 0. The standard InChI is InChI=1S/C6H5F.Ar/c7-6-4-2-1-3-5-6;/h1-5H;. The van der Waals surface area contributed by atoms with Crippen molar-refractivity contribution < 1.29 is 42.1 Å². The first-order valence-corrected chi connectivity index (χ1v) is 2.10. The van der Waals surface area contributed by atoms with Gasteiger partial charge in [-0.3, -0.25) is 0 Å². The number of hydrogen-bond donors (Lipinski definition) is 0. The van der Waals surface area contributed by atoms with Crippen LogP contribution in [0.4, 0.5) is 4.39 Å². The van der Waals surface area contributed by atoms with Crippen LogP contribution in [0.5, 0.6) is 0 Å². The smallest absolute Gasteiger partial charge is 0.123 e. The molecule has 0 aliphatic carbocycles. The van der Waals surface area contributed by atoms with Crippen LogP contribution < -0.4 is 0 Å². The summed E-state index contributed by atoms with van der Waals surface area (Å²) in [5.41, 5.74) is 0. The summed E-state index contributed by atoms with van der Waals surface area (Å²) in [6.07, 6.45) is 0. The van der Waals surface area contributed by atoms with Crippen molar-refractivity contribution in [1.82, 2.24) is 0 Å². The Morgan fingerprint density at radius 3 is 1.75 bits per heavy atom. The van der Waals surface area contributed by atoms with Crippen LogP contribution in [-0.4, -0.2) is 0 Å². The average Bonchev–Trinajstić information content (AvgIpc) is 1.69. The molecule has 0 aliphatic rings. The van der Waals surface area contributed by atoms with Crippen LogP contribution in [0.1, 0.15) is 0 Å². The van der Waals surface area contributed by atoms with Gasteiger partial charge >= 0.3 is 0 Å². The maximum atomic E-state index is 11.9. The van der Waals surface area contributed by atoms with Crippen LogP contribution in [0, 0.1) is 43.6 Å². The maximum absolute atomic E-state index is 11.9. The van der Waals surface area contributed by atoms with Gasteiger partial charge in [0.2, 0.25) is 0 Å². The van der Waals surface area contributed by atoms with E-state index in [0.717, 1.165) is 0 Å². The molecule has 0 saturated heterocycles. The van der Waals surface area contributed by atoms with Gasteiger partial charge in [0.15, 0.2) is 0 Å². The summed E-state index contributed by atoms with van der Waals surface area (Å²) in [5.74, 6) is -0.178. The van der Waals surface area contributed by atoms with E-state index in [0.29, 0.717) is 0 Å². The molecule has 1 aromatic carbocycles. The molecule has 0 N–H and O–H groups in total. The molecule has 0 aromatic heterocycles. The molecule has 0 bridgehead atoms. The van der Waals surface area contributed by atoms with E-state index in [1.54, 1.807) is 18.2 Å². The molecule has 0 amide bonds. The van der Waals surface area contributed by atoms with Crippen molar-refractivity contribution >= 4 is 0 Å². The first kappa shape index (κ1) is 8.41. The van der Waals surface area contributed by atoms with E-state index in [4.69, 9.17) is 0 Å². The van der Waals surface area contributed by atoms with Gasteiger partial charge in [-0.05, 0) is 12.1 Å². The Morgan fingerprint density at radius 1 is 1.00 bits per heavy atom. The summed E-state index contributed by atoms with van der Waals surface area (Å²) in [5, 5.41) is 0.